The molecule has 2 heterocycles. The zero-order valence-corrected chi connectivity index (χ0v) is 8.10. The molecule has 0 saturated heterocycles. The molecule has 0 saturated carbocycles. The molecule has 14 heavy (non-hydrogen) atoms. The van der Waals surface area contributed by atoms with Crippen LogP contribution < -0.4 is 0 Å². The second-order valence-electron chi connectivity index (χ2n) is 3.15. The predicted molar refractivity (Wildman–Crippen MR) is 55.7 cm³/mol. The molecule has 0 radical (unpaired) electrons. The van der Waals surface area contributed by atoms with E-state index >= 15 is 0 Å². The number of hydrogen-bond donors (Lipinski definition) is 1. The first-order chi connectivity index (χ1) is 6.77. The first-order valence-electron chi connectivity index (χ1n) is 4.26. The van der Waals surface area contributed by atoms with E-state index in [4.69, 9.17) is 0 Å². The van der Waals surface area contributed by atoms with Crippen LogP contribution in [0.2, 0.25) is 0 Å². The lowest BCUT2D eigenvalue weighted by atomic mass is 10.4. The summed E-state index contributed by atoms with van der Waals surface area (Å²) in [5.41, 5.74) is 0.811. The Labute approximate surface area is 81.5 Å². The molecule has 0 atom stereocenters. The third-order valence-corrected chi connectivity index (χ3v) is 1.74. The number of aromatic amines is 1. The minimum atomic E-state index is 0.685. The topological polar surface area (TPSA) is 57.2 Å². The normalized spacial score (nSPS) is 11.3. The van der Waals surface area contributed by atoms with Gasteiger partial charge in [0.1, 0.15) is 12.0 Å². The van der Waals surface area contributed by atoms with Crippen molar-refractivity contribution in [3.8, 4) is 0 Å². The quantitative estimate of drug-likeness (QED) is 0.570. The summed E-state index contributed by atoms with van der Waals surface area (Å²) < 4.78 is 0. The molecular formula is C9H11N5. The lowest BCUT2D eigenvalue weighted by molar-refractivity contribution is 0.643. The molecule has 0 fully saturated rings. The van der Waals surface area contributed by atoms with E-state index in [0.717, 1.165) is 11.0 Å². The van der Waals surface area contributed by atoms with E-state index in [1.165, 1.54) is 6.33 Å². The molecule has 2 aromatic rings. The Hall–Kier alpha value is -1.91. The van der Waals surface area contributed by atoms with Gasteiger partial charge in [-0.1, -0.05) is 0 Å². The Balaban J connectivity index is 2.46. The van der Waals surface area contributed by atoms with Gasteiger partial charge in [-0.05, 0) is 6.07 Å². The van der Waals surface area contributed by atoms with Crippen molar-refractivity contribution >= 4 is 23.2 Å². The van der Waals surface area contributed by atoms with Crippen molar-refractivity contribution in [2.45, 2.75) is 0 Å². The molecule has 5 nitrogen and oxygen atoms in total. The molecule has 2 rings (SSSR count). The zero-order chi connectivity index (χ0) is 9.97. The maximum absolute atomic E-state index is 4.24. The van der Waals surface area contributed by atoms with Crippen LogP contribution in [0, 0.1) is 0 Å². The number of aromatic nitrogens is 3. The van der Waals surface area contributed by atoms with Gasteiger partial charge in [-0.2, -0.15) is 0 Å². The molecular weight excluding hydrogens is 178 g/mol. The van der Waals surface area contributed by atoms with Crippen LogP contribution in [-0.4, -0.2) is 40.3 Å². The number of aliphatic imine (C=N–C) groups is 1. The second-order valence-corrected chi connectivity index (χ2v) is 3.15. The average Bonchev–Trinajstić information content (AvgIpc) is 2.62. The summed E-state index contributed by atoms with van der Waals surface area (Å²) in [6.45, 7) is 0. The molecule has 0 aromatic carbocycles. The van der Waals surface area contributed by atoms with Gasteiger partial charge in [0.25, 0.3) is 0 Å². The van der Waals surface area contributed by atoms with E-state index < -0.39 is 0 Å². The van der Waals surface area contributed by atoms with E-state index in [9.17, 15) is 0 Å². The van der Waals surface area contributed by atoms with Crippen molar-refractivity contribution in [1.82, 2.24) is 19.9 Å². The minimum Gasteiger partial charge on any atom is -0.369 e. The number of nitrogens with zero attached hydrogens (tertiary/aromatic N) is 4. The van der Waals surface area contributed by atoms with E-state index in [0.29, 0.717) is 5.82 Å². The molecule has 0 aliphatic heterocycles. The van der Waals surface area contributed by atoms with Crippen LogP contribution >= 0.6 is 0 Å². The van der Waals surface area contributed by atoms with Crippen molar-refractivity contribution in [3.05, 3.63) is 18.6 Å². The lowest BCUT2D eigenvalue weighted by Gasteiger charge is -2.01. The first kappa shape index (κ1) is 8.68. The highest BCUT2D eigenvalue weighted by molar-refractivity contribution is 5.86. The fourth-order valence-corrected chi connectivity index (χ4v) is 1.13. The van der Waals surface area contributed by atoms with Gasteiger partial charge in [-0.3, -0.25) is 0 Å². The van der Waals surface area contributed by atoms with Gasteiger partial charge in [0.05, 0.1) is 11.7 Å². The van der Waals surface area contributed by atoms with Gasteiger partial charge < -0.3 is 9.88 Å². The number of fused-ring (bicyclic) bond motifs is 1. The standard InChI is InChI=1S/C9H11N5/c1-14(2)6-13-9-7-3-4-10-8(7)11-5-12-9/h3-6H,1-2H3,(H,10,11,12). The van der Waals surface area contributed by atoms with E-state index in [1.54, 1.807) is 6.34 Å². The summed E-state index contributed by atoms with van der Waals surface area (Å²) in [4.78, 5) is 17.3. The second kappa shape index (κ2) is 3.45. The van der Waals surface area contributed by atoms with Crippen molar-refractivity contribution < 1.29 is 0 Å². The van der Waals surface area contributed by atoms with Crippen molar-refractivity contribution in [2.24, 2.45) is 4.99 Å². The van der Waals surface area contributed by atoms with Crippen LogP contribution in [0.3, 0.4) is 0 Å². The highest BCUT2D eigenvalue weighted by Crippen LogP contribution is 2.19. The predicted octanol–water partition coefficient (Wildman–Crippen LogP) is 1.18. The molecule has 0 unspecified atom stereocenters. The van der Waals surface area contributed by atoms with Gasteiger partial charge >= 0.3 is 0 Å². The Morgan fingerprint density at radius 1 is 1.43 bits per heavy atom. The number of rotatable bonds is 2. The fraction of sp³-hybridized carbons (Fsp3) is 0.222. The van der Waals surface area contributed by atoms with E-state index in [-0.39, 0.29) is 0 Å². The molecule has 2 aromatic heterocycles. The summed E-state index contributed by atoms with van der Waals surface area (Å²) in [5, 5.41) is 0.936. The number of nitrogens with one attached hydrogen (secondary N) is 1. The minimum absolute atomic E-state index is 0.685. The Morgan fingerprint density at radius 3 is 3.07 bits per heavy atom. The number of H-pyrrole nitrogens is 1. The van der Waals surface area contributed by atoms with Crippen LogP contribution in [0.4, 0.5) is 5.82 Å². The summed E-state index contributed by atoms with van der Waals surface area (Å²) >= 11 is 0. The largest absolute Gasteiger partial charge is 0.369 e. The van der Waals surface area contributed by atoms with Gasteiger partial charge in [-0.25, -0.2) is 15.0 Å². The van der Waals surface area contributed by atoms with Gasteiger partial charge in [-0.15, -0.1) is 0 Å². The fourth-order valence-electron chi connectivity index (χ4n) is 1.13. The maximum Gasteiger partial charge on any atom is 0.166 e. The Morgan fingerprint density at radius 2 is 2.29 bits per heavy atom. The zero-order valence-electron chi connectivity index (χ0n) is 8.10. The van der Waals surface area contributed by atoms with Crippen LogP contribution in [-0.2, 0) is 0 Å². The highest BCUT2D eigenvalue weighted by atomic mass is 15.1. The van der Waals surface area contributed by atoms with E-state index in [1.807, 2.05) is 31.3 Å². The summed E-state index contributed by atoms with van der Waals surface area (Å²) in [6, 6.07) is 1.91. The monoisotopic (exact) mass is 189 g/mol. The average molecular weight is 189 g/mol. The molecule has 5 heteroatoms. The van der Waals surface area contributed by atoms with Gasteiger partial charge in [0.15, 0.2) is 5.82 Å². The highest BCUT2D eigenvalue weighted by Gasteiger charge is 2.01. The SMILES string of the molecule is CN(C)C=Nc1ncnc2[nH]ccc12. The molecule has 1 N–H and O–H groups in total. The van der Waals surface area contributed by atoms with Crippen LogP contribution in [0.15, 0.2) is 23.6 Å². The van der Waals surface area contributed by atoms with Gasteiger partial charge in [0, 0.05) is 20.3 Å². The van der Waals surface area contributed by atoms with Crippen molar-refractivity contribution in [1.29, 1.82) is 0 Å². The van der Waals surface area contributed by atoms with Crippen molar-refractivity contribution in [2.75, 3.05) is 14.1 Å². The van der Waals surface area contributed by atoms with Crippen LogP contribution in [0.1, 0.15) is 0 Å². The van der Waals surface area contributed by atoms with Crippen molar-refractivity contribution in [3.63, 3.8) is 0 Å². The maximum atomic E-state index is 4.24. The Kier molecular flexibility index (Phi) is 2.14. The Bertz CT molecular complexity index is 457. The molecule has 0 bridgehead atoms. The number of hydrogen-bond acceptors (Lipinski definition) is 3. The van der Waals surface area contributed by atoms with E-state index in [2.05, 4.69) is 19.9 Å². The third kappa shape index (κ3) is 1.56. The smallest absolute Gasteiger partial charge is 0.166 e. The summed E-state index contributed by atoms with van der Waals surface area (Å²) in [6.07, 6.45) is 5.05. The molecule has 0 amide bonds. The van der Waals surface area contributed by atoms with Crippen LogP contribution in [0.25, 0.3) is 11.0 Å². The summed E-state index contributed by atoms with van der Waals surface area (Å²) in [7, 11) is 3.83. The lowest BCUT2D eigenvalue weighted by Crippen LogP contribution is -2.07. The molecule has 0 aliphatic rings. The van der Waals surface area contributed by atoms with Crippen LogP contribution in [0.5, 0.6) is 0 Å². The summed E-state index contributed by atoms with van der Waals surface area (Å²) in [5.74, 6) is 0.685. The molecule has 0 spiro atoms. The molecule has 0 aliphatic carbocycles. The first-order valence-corrected chi connectivity index (χ1v) is 4.26. The molecule has 72 valence electrons. The van der Waals surface area contributed by atoms with Gasteiger partial charge in [0.2, 0.25) is 0 Å². The third-order valence-electron chi connectivity index (χ3n) is 1.74.